The number of piperidine rings is 1. The number of nitrogens with zero attached hydrogens (tertiary/aromatic N) is 2. The van der Waals surface area contributed by atoms with E-state index in [-0.39, 0.29) is 5.69 Å². The fraction of sp³-hybridized carbons (Fsp3) is 0.263. The van der Waals surface area contributed by atoms with E-state index < -0.39 is 29.1 Å². The van der Waals surface area contributed by atoms with Crippen LogP contribution in [0.25, 0.3) is 0 Å². The van der Waals surface area contributed by atoms with Gasteiger partial charge in [0.25, 0.3) is 5.91 Å². The van der Waals surface area contributed by atoms with E-state index in [0.29, 0.717) is 18.1 Å². The van der Waals surface area contributed by atoms with Crippen molar-refractivity contribution in [1.29, 1.82) is 0 Å². The second-order valence-electron chi connectivity index (χ2n) is 6.05. The smallest absolute Gasteiger partial charge is 0.324 e. The van der Waals surface area contributed by atoms with Gasteiger partial charge in [0.2, 0.25) is 0 Å². The molecule has 1 fully saturated rings. The second kappa shape index (κ2) is 7.83. The SMILES string of the molecule is O=C(c1c(F)cccc1F)N(C(=O)N1CCCCC1)c1cccc(Cl)c1. The van der Waals surface area contributed by atoms with Crippen LogP contribution in [0.4, 0.5) is 19.3 Å². The Balaban J connectivity index is 2.05. The Kier molecular flexibility index (Phi) is 5.52. The molecular weight excluding hydrogens is 362 g/mol. The number of likely N-dealkylation sites (tertiary alicyclic amines) is 1. The summed E-state index contributed by atoms with van der Waals surface area (Å²) in [4.78, 5) is 28.2. The number of benzene rings is 2. The van der Waals surface area contributed by atoms with E-state index in [1.54, 1.807) is 12.1 Å². The molecule has 4 nitrogen and oxygen atoms in total. The van der Waals surface area contributed by atoms with E-state index >= 15 is 0 Å². The van der Waals surface area contributed by atoms with E-state index in [1.165, 1.54) is 17.0 Å². The normalized spacial score (nSPS) is 14.2. The number of imide groups is 1. The van der Waals surface area contributed by atoms with Crippen molar-refractivity contribution in [2.75, 3.05) is 18.0 Å². The molecule has 2 aromatic carbocycles. The fourth-order valence-corrected chi connectivity index (χ4v) is 3.15. The van der Waals surface area contributed by atoms with Gasteiger partial charge < -0.3 is 4.90 Å². The van der Waals surface area contributed by atoms with Crippen molar-refractivity contribution in [2.45, 2.75) is 19.3 Å². The predicted octanol–water partition coefficient (Wildman–Crippen LogP) is 4.87. The van der Waals surface area contributed by atoms with Crippen molar-refractivity contribution in [2.24, 2.45) is 0 Å². The van der Waals surface area contributed by atoms with Gasteiger partial charge in [-0.2, -0.15) is 0 Å². The lowest BCUT2D eigenvalue weighted by Crippen LogP contribution is -2.48. The molecule has 3 amide bonds. The highest BCUT2D eigenvalue weighted by atomic mass is 35.5. The zero-order valence-corrected chi connectivity index (χ0v) is 14.7. The summed E-state index contributed by atoms with van der Waals surface area (Å²) < 4.78 is 28.2. The first-order chi connectivity index (χ1) is 12.5. The summed E-state index contributed by atoms with van der Waals surface area (Å²) in [5.41, 5.74) is -0.599. The van der Waals surface area contributed by atoms with Gasteiger partial charge in [0.05, 0.1) is 5.69 Å². The van der Waals surface area contributed by atoms with Gasteiger partial charge in [0.15, 0.2) is 0 Å². The molecule has 0 spiro atoms. The van der Waals surface area contributed by atoms with Crippen molar-refractivity contribution < 1.29 is 18.4 Å². The molecule has 7 heteroatoms. The molecule has 1 aliphatic heterocycles. The van der Waals surface area contributed by atoms with Crippen LogP contribution in [0.15, 0.2) is 42.5 Å². The van der Waals surface area contributed by atoms with E-state index in [4.69, 9.17) is 11.6 Å². The molecule has 0 atom stereocenters. The Morgan fingerprint density at radius 3 is 2.19 bits per heavy atom. The molecular formula is C19H17ClF2N2O2. The number of urea groups is 1. The minimum atomic E-state index is -1.06. The fourth-order valence-electron chi connectivity index (χ4n) is 2.97. The lowest BCUT2D eigenvalue weighted by atomic mass is 10.1. The van der Waals surface area contributed by atoms with Gasteiger partial charge in [-0.15, -0.1) is 0 Å². The number of halogens is 3. The minimum Gasteiger partial charge on any atom is -0.324 e. The van der Waals surface area contributed by atoms with Gasteiger partial charge in [0, 0.05) is 18.1 Å². The van der Waals surface area contributed by atoms with Crippen LogP contribution < -0.4 is 4.90 Å². The van der Waals surface area contributed by atoms with Crippen molar-refractivity contribution in [3.8, 4) is 0 Å². The first kappa shape index (κ1) is 18.3. The summed E-state index contributed by atoms with van der Waals surface area (Å²) in [5, 5.41) is 0.306. The Morgan fingerprint density at radius 1 is 0.962 bits per heavy atom. The van der Waals surface area contributed by atoms with Crippen LogP contribution in [0.3, 0.4) is 0 Å². The number of hydrogen-bond acceptors (Lipinski definition) is 2. The maximum Gasteiger partial charge on any atom is 0.331 e. The summed E-state index contributed by atoms with van der Waals surface area (Å²) >= 11 is 5.98. The van der Waals surface area contributed by atoms with Gasteiger partial charge >= 0.3 is 6.03 Å². The zero-order chi connectivity index (χ0) is 18.7. The van der Waals surface area contributed by atoms with Gasteiger partial charge in [-0.3, -0.25) is 4.79 Å². The van der Waals surface area contributed by atoms with Crippen LogP contribution in [-0.4, -0.2) is 29.9 Å². The number of carbonyl (C=O) groups is 2. The highest BCUT2D eigenvalue weighted by Gasteiger charge is 2.32. The number of anilines is 1. The lowest BCUT2D eigenvalue weighted by Gasteiger charge is -2.32. The highest BCUT2D eigenvalue weighted by Crippen LogP contribution is 2.26. The highest BCUT2D eigenvalue weighted by molar-refractivity contribution is 6.31. The second-order valence-corrected chi connectivity index (χ2v) is 6.48. The third-order valence-electron chi connectivity index (χ3n) is 4.26. The Hall–Kier alpha value is -2.47. The largest absolute Gasteiger partial charge is 0.331 e. The molecule has 0 saturated carbocycles. The van der Waals surface area contributed by atoms with Crippen molar-refractivity contribution in [3.05, 3.63) is 64.7 Å². The number of hydrogen-bond donors (Lipinski definition) is 0. The lowest BCUT2D eigenvalue weighted by molar-refractivity contribution is 0.0975. The zero-order valence-electron chi connectivity index (χ0n) is 13.9. The standard InChI is InChI=1S/C19H17ClF2N2O2/c20-13-6-4-7-14(12-13)24(19(26)23-10-2-1-3-11-23)18(25)17-15(21)8-5-9-16(17)22/h4-9,12H,1-3,10-11H2. The molecule has 1 aliphatic rings. The van der Waals surface area contributed by atoms with Gasteiger partial charge in [-0.25, -0.2) is 18.5 Å². The van der Waals surface area contributed by atoms with Crippen LogP contribution >= 0.6 is 11.6 Å². The molecule has 0 aliphatic carbocycles. The molecule has 1 saturated heterocycles. The van der Waals surface area contributed by atoms with Gasteiger partial charge in [-0.1, -0.05) is 23.7 Å². The first-order valence-electron chi connectivity index (χ1n) is 8.32. The third-order valence-corrected chi connectivity index (χ3v) is 4.50. The summed E-state index contributed by atoms with van der Waals surface area (Å²) in [6.45, 7) is 0.978. The molecule has 0 unspecified atom stereocenters. The molecule has 0 N–H and O–H groups in total. The quantitative estimate of drug-likeness (QED) is 0.748. The summed E-state index contributed by atoms with van der Waals surface area (Å²) in [6.07, 6.45) is 2.63. The monoisotopic (exact) mass is 378 g/mol. The summed E-state index contributed by atoms with van der Waals surface area (Å²) in [7, 11) is 0. The molecule has 0 radical (unpaired) electrons. The maximum atomic E-state index is 14.1. The Labute approximate surface area is 155 Å². The molecule has 3 rings (SSSR count). The van der Waals surface area contributed by atoms with Crippen molar-refractivity contribution in [1.82, 2.24) is 4.90 Å². The molecule has 1 heterocycles. The predicted molar refractivity (Wildman–Crippen MR) is 95.4 cm³/mol. The topological polar surface area (TPSA) is 40.6 Å². The Bertz CT molecular complexity index is 818. The first-order valence-corrected chi connectivity index (χ1v) is 8.70. The van der Waals surface area contributed by atoms with E-state index in [9.17, 15) is 18.4 Å². The van der Waals surface area contributed by atoms with Crippen LogP contribution in [0, 0.1) is 11.6 Å². The molecule has 2 aromatic rings. The molecule has 136 valence electrons. The maximum absolute atomic E-state index is 14.1. The van der Waals surface area contributed by atoms with Gasteiger partial charge in [-0.05, 0) is 49.6 Å². The Morgan fingerprint density at radius 2 is 1.58 bits per heavy atom. The molecule has 0 bridgehead atoms. The van der Waals surface area contributed by atoms with Gasteiger partial charge in [0.1, 0.15) is 17.2 Å². The number of carbonyl (C=O) groups excluding carboxylic acids is 2. The van der Waals surface area contributed by atoms with Crippen LogP contribution in [-0.2, 0) is 0 Å². The van der Waals surface area contributed by atoms with Crippen LogP contribution in [0.1, 0.15) is 29.6 Å². The van der Waals surface area contributed by atoms with Crippen LogP contribution in [0.5, 0.6) is 0 Å². The van der Waals surface area contributed by atoms with E-state index in [0.717, 1.165) is 42.4 Å². The summed E-state index contributed by atoms with van der Waals surface area (Å²) in [6, 6.07) is 8.60. The van der Waals surface area contributed by atoms with E-state index in [1.807, 2.05) is 0 Å². The summed E-state index contributed by atoms with van der Waals surface area (Å²) in [5.74, 6) is -3.10. The molecule has 0 aromatic heterocycles. The average molecular weight is 379 g/mol. The number of amides is 3. The minimum absolute atomic E-state index is 0.167. The van der Waals surface area contributed by atoms with E-state index in [2.05, 4.69) is 0 Å². The molecule has 26 heavy (non-hydrogen) atoms. The third kappa shape index (κ3) is 3.70. The van der Waals surface area contributed by atoms with Crippen molar-refractivity contribution >= 4 is 29.2 Å². The van der Waals surface area contributed by atoms with Crippen molar-refractivity contribution in [3.63, 3.8) is 0 Å². The average Bonchev–Trinajstić information content (AvgIpc) is 2.62. The van der Waals surface area contributed by atoms with Crippen LogP contribution in [0.2, 0.25) is 5.02 Å². The number of rotatable bonds is 2.